The van der Waals surface area contributed by atoms with Crippen LogP contribution >= 0.6 is 0 Å². The van der Waals surface area contributed by atoms with Gasteiger partial charge in [-0.2, -0.15) is 4.98 Å². The summed E-state index contributed by atoms with van der Waals surface area (Å²) in [6.07, 6.45) is 11.4. The Morgan fingerprint density at radius 1 is 1.25 bits per heavy atom. The highest BCUT2D eigenvalue weighted by Gasteiger charge is 2.35. The second-order valence-corrected chi connectivity index (χ2v) is 7.54. The summed E-state index contributed by atoms with van der Waals surface area (Å²) in [5.74, 6) is 0.134. The lowest BCUT2D eigenvalue weighted by Crippen LogP contribution is -2.55. The van der Waals surface area contributed by atoms with E-state index in [1.165, 1.54) is 18.5 Å². The molecule has 1 aliphatic rings. The number of amides is 1. The van der Waals surface area contributed by atoms with Crippen LogP contribution in [0.1, 0.15) is 29.4 Å². The number of aromatic nitrogens is 4. The number of benzene rings is 1. The van der Waals surface area contributed by atoms with Crippen molar-refractivity contribution < 1.29 is 14.3 Å². The molecular formula is C23H23FN6O2. The Kier molecular flexibility index (Phi) is 5.83. The standard InChI is InChI=1S/C23H23FN6O2/c1-3-23(11-5-4-6-19(23)31)29-21(32)18-13-30(14-26-18)20-15(2)12-25-22(28-20)27-17-9-7-16(24)8-10-17/h4-14,19,31H,3H2,1-2H3,(H,29,32)(H,25,27,28). The van der Waals surface area contributed by atoms with Crippen molar-refractivity contribution in [2.45, 2.75) is 31.9 Å². The summed E-state index contributed by atoms with van der Waals surface area (Å²) in [6.45, 7) is 3.74. The van der Waals surface area contributed by atoms with Gasteiger partial charge in [-0.25, -0.2) is 14.4 Å². The highest BCUT2D eigenvalue weighted by molar-refractivity contribution is 5.93. The molecule has 3 N–H and O–H groups in total. The summed E-state index contributed by atoms with van der Waals surface area (Å²) in [5, 5.41) is 16.3. The number of hydrogen-bond donors (Lipinski definition) is 3. The van der Waals surface area contributed by atoms with Gasteiger partial charge in [0.15, 0.2) is 0 Å². The molecule has 2 atom stereocenters. The first kappa shape index (κ1) is 21.4. The molecule has 9 heteroatoms. The lowest BCUT2D eigenvalue weighted by molar-refractivity contribution is 0.0784. The average Bonchev–Trinajstić information content (AvgIpc) is 3.28. The molecule has 1 amide bonds. The van der Waals surface area contributed by atoms with Crippen LogP contribution in [0.4, 0.5) is 16.0 Å². The number of anilines is 2. The maximum absolute atomic E-state index is 13.1. The highest BCUT2D eigenvalue weighted by atomic mass is 19.1. The third kappa shape index (κ3) is 4.28. The molecule has 0 fully saturated rings. The van der Waals surface area contributed by atoms with Crippen molar-refractivity contribution in [2.75, 3.05) is 5.32 Å². The van der Waals surface area contributed by atoms with Gasteiger partial charge in [-0.1, -0.05) is 31.2 Å². The van der Waals surface area contributed by atoms with E-state index in [0.29, 0.717) is 23.9 Å². The molecule has 164 valence electrons. The minimum atomic E-state index is -0.882. The van der Waals surface area contributed by atoms with E-state index in [1.54, 1.807) is 53.4 Å². The first-order valence-electron chi connectivity index (χ1n) is 10.2. The van der Waals surface area contributed by atoms with Crippen molar-refractivity contribution in [3.05, 3.63) is 84.4 Å². The van der Waals surface area contributed by atoms with Crippen molar-refractivity contribution in [3.63, 3.8) is 0 Å². The van der Waals surface area contributed by atoms with Gasteiger partial charge in [-0.15, -0.1) is 0 Å². The third-order valence-electron chi connectivity index (χ3n) is 5.36. The number of halogens is 1. The van der Waals surface area contributed by atoms with Crippen LogP contribution in [0.2, 0.25) is 0 Å². The first-order chi connectivity index (χ1) is 15.4. The van der Waals surface area contributed by atoms with E-state index in [1.807, 2.05) is 13.8 Å². The molecule has 0 saturated heterocycles. The van der Waals surface area contributed by atoms with Gasteiger partial charge in [0, 0.05) is 23.6 Å². The van der Waals surface area contributed by atoms with E-state index in [4.69, 9.17) is 0 Å². The quantitative estimate of drug-likeness (QED) is 0.550. The zero-order valence-corrected chi connectivity index (χ0v) is 17.7. The fourth-order valence-corrected chi connectivity index (χ4v) is 3.45. The summed E-state index contributed by atoms with van der Waals surface area (Å²) < 4.78 is 14.8. The maximum Gasteiger partial charge on any atom is 0.272 e. The fraction of sp³-hybridized carbons (Fsp3) is 0.217. The third-order valence-corrected chi connectivity index (χ3v) is 5.36. The van der Waals surface area contributed by atoms with Crippen LogP contribution in [0.3, 0.4) is 0 Å². The van der Waals surface area contributed by atoms with Crippen LogP contribution in [0.5, 0.6) is 0 Å². The molecule has 1 aromatic carbocycles. The summed E-state index contributed by atoms with van der Waals surface area (Å²) in [5.41, 5.74) is 0.732. The topological polar surface area (TPSA) is 105 Å². The summed E-state index contributed by atoms with van der Waals surface area (Å²) in [7, 11) is 0. The lowest BCUT2D eigenvalue weighted by Gasteiger charge is -2.35. The summed E-state index contributed by atoms with van der Waals surface area (Å²) in [4.78, 5) is 25.8. The van der Waals surface area contributed by atoms with E-state index >= 15 is 0 Å². The van der Waals surface area contributed by atoms with E-state index in [0.717, 1.165) is 5.56 Å². The molecule has 0 spiro atoms. The fourth-order valence-electron chi connectivity index (χ4n) is 3.45. The molecular weight excluding hydrogens is 411 g/mol. The molecule has 2 unspecified atom stereocenters. The van der Waals surface area contributed by atoms with Gasteiger partial charge in [-0.05, 0) is 37.6 Å². The van der Waals surface area contributed by atoms with Crippen LogP contribution in [-0.4, -0.2) is 42.2 Å². The predicted molar refractivity (Wildman–Crippen MR) is 118 cm³/mol. The van der Waals surface area contributed by atoms with Gasteiger partial charge < -0.3 is 15.7 Å². The predicted octanol–water partition coefficient (Wildman–Crippen LogP) is 3.22. The van der Waals surface area contributed by atoms with Gasteiger partial charge in [0.25, 0.3) is 5.91 Å². The monoisotopic (exact) mass is 434 g/mol. The normalized spacial score (nSPS) is 19.7. The minimum absolute atomic E-state index is 0.194. The summed E-state index contributed by atoms with van der Waals surface area (Å²) >= 11 is 0. The molecule has 0 aliphatic heterocycles. The first-order valence-corrected chi connectivity index (χ1v) is 10.2. The number of hydrogen-bond acceptors (Lipinski definition) is 6. The Morgan fingerprint density at radius 3 is 2.75 bits per heavy atom. The van der Waals surface area contributed by atoms with Crippen molar-refractivity contribution >= 4 is 17.5 Å². The van der Waals surface area contributed by atoms with Gasteiger partial charge in [0.2, 0.25) is 5.95 Å². The number of allylic oxidation sites excluding steroid dienone is 2. The smallest absolute Gasteiger partial charge is 0.272 e. The van der Waals surface area contributed by atoms with E-state index in [9.17, 15) is 14.3 Å². The van der Waals surface area contributed by atoms with Gasteiger partial charge in [0.05, 0.1) is 11.6 Å². The van der Waals surface area contributed by atoms with Crippen molar-refractivity contribution in [2.24, 2.45) is 0 Å². The Balaban J connectivity index is 1.55. The SMILES string of the molecule is CCC1(NC(=O)c2cn(-c3nc(Nc4ccc(F)cc4)ncc3C)cn2)C=CC=CC1O. The molecule has 2 heterocycles. The maximum atomic E-state index is 13.1. The van der Waals surface area contributed by atoms with E-state index < -0.39 is 17.6 Å². The molecule has 32 heavy (non-hydrogen) atoms. The lowest BCUT2D eigenvalue weighted by atomic mass is 9.85. The van der Waals surface area contributed by atoms with E-state index in [-0.39, 0.29) is 11.5 Å². The van der Waals surface area contributed by atoms with Crippen LogP contribution in [0, 0.1) is 12.7 Å². The molecule has 0 bridgehead atoms. The summed E-state index contributed by atoms with van der Waals surface area (Å²) in [6, 6.07) is 5.86. The number of aliphatic hydroxyl groups excluding tert-OH is 1. The zero-order chi connectivity index (χ0) is 22.7. The largest absolute Gasteiger partial charge is 0.386 e. The second kappa shape index (κ2) is 8.72. The minimum Gasteiger partial charge on any atom is -0.386 e. The van der Waals surface area contributed by atoms with Crippen molar-refractivity contribution in [1.82, 2.24) is 24.8 Å². The van der Waals surface area contributed by atoms with Gasteiger partial charge in [-0.3, -0.25) is 9.36 Å². The number of aryl methyl sites for hydroxylation is 1. The second-order valence-electron chi connectivity index (χ2n) is 7.54. The van der Waals surface area contributed by atoms with Gasteiger partial charge in [0.1, 0.15) is 23.7 Å². The zero-order valence-electron chi connectivity index (χ0n) is 17.7. The number of carbonyl (C=O) groups is 1. The molecule has 0 saturated carbocycles. The molecule has 2 aromatic heterocycles. The Morgan fingerprint density at radius 2 is 2.03 bits per heavy atom. The Labute approximate surface area is 184 Å². The number of rotatable bonds is 6. The van der Waals surface area contributed by atoms with Crippen molar-refractivity contribution in [3.8, 4) is 5.82 Å². The van der Waals surface area contributed by atoms with Crippen LogP contribution < -0.4 is 10.6 Å². The molecule has 8 nitrogen and oxygen atoms in total. The average molecular weight is 434 g/mol. The van der Waals surface area contributed by atoms with Crippen LogP contribution in [0.15, 0.2) is 67.3 Å². The number of nitrogens with zero attached hydrogens (tertiary/aromatic N) is 4. The number of carbonyl (C=O) groups excluding carboxylic acids is 1. The Bertz CT molecular complexity index is 1190. The molecule has 0 radical (unpaired) electrons. The number of nitrogens with one attached hydrogen (secondary N) is 2. The molecule has 1 aliphatic carbocycles. The van der Waals surface area contributed by atoms with Crippen LogP contribution in [0.25, 0.3) is 5.82 Å². The number of aliphatic hydroxyl groups is 1. The molecule has 3 aromatic rings. The number of imidazole rings is 1. The van der Waals surface area contributed by atoms with Crippen molar-refractivity contribution in [1.29, 1.82) is 0 Å². The van der Waals surface area contributed by atoms with Gasteiger partial charge >= 0.3 is 0 Å². The highest BCUT2D eigenvalue weighted by Crippen LogP contribution is 2.23. The Hall–Kier alpha value is -3.85. The molecule has 4 rings (SSSR count). The van der Waals surface area contributed by atoms with E-state index in [2.05, 4.69) is 25.6 Å². The van der Waals surface area contributed by atoms with Crippen LogP contribution in [-0.2, 0) is 0 Å².